The summed E-state index contributed by atoms with van der Waals surface area (Å²) in [4.78, 5) is 23.3. The Morgan fingerprint density at radius 3 is 2.63 bits per heavy atom. The number of nitrogens with one attached hydrogen (secondary N) is 2. The fourth-order valence-electron chi connectivity index (χ4n) is 3.01. The number of nitro groups is 1. The second-order valence-corrected chi connectivity index (χ2v) is 7.19. The fraction of sp³-hybridized carbons (Fsp3) is 0.421. The predicted molar refractivity (Wildman–Crippen MR) is 99.8 cm³/mol. The second-order valence-electron chi connectivity index (χ2n) is 7.19. The van der Waals surface area contributed by atoms with E-state index >= 15 is 0 Å². The molecule has 1 aromatic carbocycles. The van der Waals surface area contributed by atoms with Crippen molar-refractivity contribution in [2.75, 3.05) is 11.9 Å². The molecule has 1 aliphatic carbocycles. The van der Waals surface area contributed by atoms with Crippen LogP contribution < -0.4 is 10.6 Å². The Bertz CT molecular complexity index is 883. The van der Waals surface area contributed by atoms with Gasteiger partial charge in [-0.25, -0.2) is 0 Å². The Morgan fingerprint density at radius 2 is 2.07 bits per heavy atom. The van der Waals surface area contributed by atoms with E-state index in [9.17, 15) is 20.0 Å². The number of aryl methyl sites for hydroxylation is 2. The van der Waals surface area contributed by atoms with E-state index in [0.717, 1.165) is 12.8 Å². The van der Waals surface area contributed by atoms with Crippen LogP contribution in [0, 0.1) is 24.0 Å². The zero-order chi connectivity index (χ0) is 19.8. The normalized spacial score (nSPS) is 15.9. The zero-order valence-corrected chi connectivity index (χ0v) is 15.5. The molecule has 3 rings (SSSR count). The number of carbonyl (C=O) groups excluding carboxylic acids is 1. The van der Waals surface area contributed by atoms with Crippen molar-refractivity contribution in [1.82, 2.24) is 5.32 Å². The summed E-state index contributed by atoms with van der Waals surface area (Å²) in [5.41, 5.74) is -0.288. The van der Waals surface area contributed by atoms with Crippen molar-refractivity contribution in [3.05, 3.63) is 57.0 Å². The van der Waals surface area contributed by atoms with E-state index in [1.807, 2.05) is 0 Å². The van der Waals surface area contributed by atoms with Crippen molar-refractivity contribution in [2.45, 2.75) is 45.3 Å². The highest BCUT2D eigenvalue weighted by Gasteiger charge is 2.29. The van der Waals surface area contributed by atoms with Gasteiger partial charge in [-0.1, -0.05) is 0 Å². The molecule has 0 aliphatic heterocycles. The van der Waals surface area contributed by atoms with E-state index < -0.39 is 16.4 Å². The minimum absolute atomic E-state index is 0.0540. The van der Waals surface area contributed by atoms with E-state index in [1.54, 1.807) is 32.9 Å². The maximum Gasteiger partial charge on any atom is 0.293 e. The molecule has 1 saturated carbocycles. The molecular weight excluding hydrogens is 350 g/mol. The van der Waals surface area contributed by atoms with Crippen molar-refractivity contribution in [3.63, 3.8) is 0 Å². The molecule has 1 aliphatic rings. The van der Waals surface area contributed by atoms with Crippen molar-refractivity contribution in [1.29, 1.82) is 0 Å². The van der Waals surface area contributed by atoms with Gasteiger partial charge in [-0.15, -0.1) is 0 Å². The molecule has 2 aromatic rings. The van der Waals surface area contributed by atoms with Crippen LogP contribution in [0.3, 0.4) is 0 Å². The SMILES string of the molecule is Cc1cc([C@@](C)(O)CNC(=O)c2ccc(NC3CC3)c([N+](=O)[O-])c2)c(C)o1. The number of carbonyl (C=O) groups is 1. The molecule has 0 saturated heterocycles. The van der Waals surface area contributed by atoms with Crippen molar-refractivity contribution >= 4 is 17.3 Å². The smallest absolute Gasteiger partial charge is 0.293 e. The molecule has 8 heteroatoms. The lowest BCUT2D eigenvalue weighted by Gasteiger charge is -2.23. The summed E-state index contributed by atoms with van der Waals surface area (Å²) in [5, 5.41) is 27.7. The maximum atomic E-state index is 12.4. The van der Waals surface area contributed by atoms with E-state index in [1.165, 1.54) is 12.1 Å². The van der Waals surface area contributed by atoms with E-state index in [2.05, 4.69) is 10.6 Å². The average Bonchev–Trinajstić information content (AvgIpc) is 3.34. The highest BCUT2D eigenvalue weighted by molar-refractivity contribution is 5.95. The zero-order valence-electron chi connectivity index (χ0n) is 15.5. The van der Waals surface area contributed by atoms with Gasteiger partial charge in [0.1, 0.15) is 22.8 Å². The summed E-state index contributed by atoms with van der Waals surface area (Å²) < 4.78 is 5.43. The molecule has 3 N–H and O–H groups in total. The number of nitro benzene ring substituents is 1. The standard InChI is InChI=1S/C19H23N3O5/c1-11-8-15(12(2)27-11)19(3,24)10-20-18(23)13-4-7-16(21-14-5-6-14)17(9-13)22(25)26/h4,7-9,14,21,24H,5-6,10H2,1-3H3,(H,20,23)/t19-/m0/s1. The Hall–Kier alpha value is -2.87. The van der Waals surface area contributed by atoms with Gasteiger partial charge in [-0.05, 0) is 51.8 Å². The lowest BCUT2D eigenvalue weighted by atomic mass is 9.96. The van der Waals surface area contributed by atoms with Gasteiger partial charge in [0.05, 0.1) is 11.5 Å². The Kier molecular flexibility index (Phi) is 4.93. The number of aliphatic hydroxyl groups is 1. The van der Waals surface area contributed by atoms with Crippen LogP contribution >= 0.6 is 0 Å². The molecule has 1 fully saturated rings. The van der Waals surface area contributed by atoms with Gasteiger partial charge >= 0.3 is 0 Å². The molecule has 1 atom stereocenters. The molecule has 0 unspecified atom stereocenters. The van der Waals surface area contributed by atoms with Crippen LogP contribution in [0.5, 0.6) is 0 Å². The number of hydrogen-bond donors (Lipinski definition) is 3. The van der Waals surface area contributed by atoms with E-state index in [0.29, 0.717) is 22.8 Å². The summed E-state index contributed by atoms with van der Waals surface area (Å²) in [6.07, 6.45) is 1.97. The molecule has 0 radical (unpaired) electrons. The summed E-state index contributed by atoms with van der Waals surface area (Å²) in [7, 11) is 0. The number of anilines is 1. The largest absolute Gasteiger partial charge is 0.466 e. The summed E-state index contributed by atoms with van der Waals surface area (Å²) in [6.45, 7) is 5.05. The van der Waals surface area contributed by atoms with Crippen molar-refractivity contribution in [3.8, 4) is 0 Å². The Labute approximate surface area is 156 Å². The van der Waals surface area contributed by atoms with Gasteiger partial charge in [-0.2, -0.15) is 0 Å². The summed E-state index contributed by atoms with van der Waals surface area (Å²) in [5.74, 6) is 0.760. The third-order valence-corrected chi connectivity index (χ3v) is 4.61. The topological polar surface area (TPSA) is 118 Å². The van der Waals surface area contributed by atoms with Gasteiger partial charge in [0.25, 0.3) is 11.6 Å². The first-order valence-electron chi connectivity index (χ1n) is 8.80. The molecule has 1 aromatic heterocycles. The quantitative estimate of drug-likeness (QED) is 0.507. The third kappa shape index (κ3) is 4.28. The molecule has 1 amide bonds. The van der Waals surface area contributed by atoms with Crippen molar-refractivity contribution < 1.29 is 19.2 Å². The van der Waals surface area contributed by atoms with E-state index in [-0.39, 0.29) is 23.8 Å². The van der Waals surface area contributed by atoms with Crippen LogP contribution in [0.4, 0.5) is 11.4 Å². The molecule has 27 heavy (non-hydrogen) atoms. The molecule has 144 valence electrons. The number of rotatable bonds is 7. The maximum absolute atomic E-state index is 12.4. The first-order chi connectivity index (χ1) is 12.7. The highest BCUT2D eigenvalue weighted by atomic mass is 16.6. The first-order valence-corrected chi connectivity index (χ1v) is 8.80. The van der Waals surface area contributed by atoms with Gasteiger partial charge in [0.2, 0.25) is 0 Å². The first kappa shape index (κ1) is 18.9. The van der Waals surface area contributed by atoms with Gasteiger partial charge in [0.15, 0.2) is 0 Å². The number of amides is 1. The summed E-state index contributed by atoms with van der Waals surface area (Å²) in [6, 6.07) is 6.33. The predicted octanol–water partition coefficient (Wildman–Crippen LogP) is 3.02. The Morgan fingerprint density at radius 1 is 1.37 bits per heavy atom. The van der Waals surface area contributed by atoms with Crippen molar-refractivity contribution in [2.24, 2.45) is 0 Å². The van der Waals surface area contributed by atoms with Crippen LogP contribution in [-0.4, -0.2) is 28.5 Å². The number of hydrogen-bond acceptors (Lipinski definition) is 6. The van der Waals surface area contributed by atoms with Crippen LogP contribution in [0.25, 0.3) is 0 Å². The van der Waals surface area contributed by atoms with Crippen LogP contribution in [0.15, 0.2) is 28.7 Å². The molecule has 0 bridgehead atoms. The van der Waals surface area contributed by atoms with Crippen LogP contribution in [0.2, 0.25) is 0 Å². The second kappa shape index (κ2) is 7.03. The van der Waals surface area contributed by atoms with Gasteiger partial charge in [-0.3, -0.25) is 14.9 Å². The number of furan rings is 1. The minimum Gasteiger partial charge on any atom is -0.466 e. The van der Waals surface area contributed by atoms with Gasteiger partial charge in [0, 0.05) is 23.2 Å². The number of benzene rings is 1. The van der Waals surface area contributed by atoms with Crippen LogP contribution in [0.1, 0.15) is 47.2 Å². The molecule has 8 nitrogen and oxygen atoms in total. The minimum atomic E-state index is -1.32. The molecular formula is C19H23N3O5. The highest BCUT2D eigenvalue weighted by Crippen LogP contribution is 2.32. The third-order valence-electron chi connectivity index (χ3n) is 4.61. The van der Waals surface area contributed by atoms with Crippen LogP contribution in [-0.2, 0) is 5.60 Å². The van der Waals surface area contributed by atoms with E-state index in [4.69, 9.17) is 4.42 Å². The van der Waals surface area contributed by atoms with Gasteiger partial charge < -0.3 is 20.2 Å². The molecule has 1 heterocycles. The molecule has 0 spiro atoms. The Balaban J connectivity index is 1.72. The number of nitrogens with zero attached hydrogens (tertiary/aromatic N) is 1. The summed E-state index contributed by atoms with van der Waals surface area (Å²) >= 11 is 0. The average molecular weight is 373 g/mol. The lowest BCUT2D eigenvalue weighted by Crippen LogP contribution is -2.38. The monoisotopic (exact) mass is 373 g/mol. The fourth-order valence-corrected chi connectivity index (χ4v) is 3.01. The lowest BCUT2D eigenvalue weighted by molar-refractivity contribution is -0.384.